The van der Waals surface area contributed by atoms with Gasteiger partial charge in [0.15, 0.2) is 0 Å². The van der Waals surface area contributed by atoms with E-state index in [-0.39, 0.29) is 6.54 Å². The number of nitrogens with one attached hydrogen (secondary N) is 1. The van der Waals surface area contributed by atoms with Crippen LogP contribution in [0.3, 0.4) is 0 Å². The predicted octanol–water partition coefficient (Wildman–Crippen LogP) is 1.98. The molecule has 0 radical (unpaired) electrons. The lowest BCUT2D eigenvalue weighted by atomic mass is 9.97. The van der Waals surface area contributed by atoms with Gasteiger partial charge in [0.25, 0.3) is 11.8 Å². The summed E-state index contributed by atoms with van der Waals surface area (Å²) in [5.74, 6) is -1.40. The molecule has 2 rings (SSSR count). The van der Waals surface area contributed by atoms with Crippen LogP contribution in [-0.4, -0.2) is 34.7 Å². The average molecular weight is 360 g/mol. The average Bonchev–Trinajstić information content (AvgIpc) is 2.36. The molecule has 3 amide bonds. The van der Waals surface area contributed by atoms with Crippen molar-refractivity contribution in [3.05, 3.63) is 33.3 Å². The number of imide groups is 1. The minimum atomic E-state index is -1.09. The number of carbonyl (C=O) groups is 3. The van der Waals surface area contributed by atoms with Crippen LogP contribution in [0.25, 0.3) is 0 Å². The number of rotatable bonds is 1. The maximum absolute atomic E-state index is 12.5. The number of benzene rings is 1. The zero-order valence-corrected chi connectivity index (χ0v) is 13.2. The summed E-state index contributed by atoms with van der Waals surface area (Å²) in [5.41, 5.74) is -0.765. The van der Waals surface area contributed by atoms with Gasteiger partial charge in [0, 0.05) is 10.0 Å². The van der Waals surface area contributed by atoms with E-state index in [1.54, 1.807) is 26.0 Å². The Bertz CT molecular complexity index is 616. The highest BCUT2D eigenvalue weighted by molar-refractivity contribution is 9.10. The van der Waals surface area contributed by atoms with E-state index in [9.17, 15) is 14.4 Å². The molecule has 20 heavy (non-hydrogen) atoms. The Kier molecular flexibility index (Phi) is 3.88. The van der Waals surface area contributed by atoms with E-state index in [1.807, 2.05) is 0 Å². The van der Waals surface area contributed by atoms with Gasteiger partial charge in [-0.2, -0.15) is 0 Å². The summed E-state index contributed by atoms with van der Waals surface area (Å²) in [6, 6.07) is 4.74. The summed E-state index contributed by atoms with van der Waals surface area (Å²) in [5, 5.41) is 2.61. The predicted molar refractivity (Wildman–Crippen MR) is 77.4 cm³/mol. The molecule has 1 saturated heterocycles. The molecular formula is C13H12BrClN2O3. The van der Waals surface area contributed by atoms with E-state index in [2.05, 4.69) is 21.2 Å². The lowest BCUT2D eigenvalue weighted by Gasteiger charge is -2.40. The summed E-state index contributed by atoms with van der Waals surface area (Å²) in [6.07, 6.45) is 0. The van der Waals surface area contributed by atoms with Crippen LogP contribution in [0.4, 0.5) is 0 Å². The molecule has 1 fully saturated rings. The van der Waals surface area contributed by atoms with Gasteiger partial charge in [-0.15, -0.1) is 0 Å². The molecule has 7 heteroatoms. The molecule has 1 aliphatic heterocycles. The van der Waals surface area contributed by atoms with E-state index in [0.717, 1.165) is 0 Å². The first-order chi connectivity index (χ1) is 9.23. The van der Waals surface area contributed by atoms with Crippen LogP contribution < -0.4 is 5.32 Å². The van der Waals surface area contributed by atoms with E-state index in [0.29, 0.717) is 15.1 Å². The van der Waals surface area contributed by atoms with Crippen molar-refractivity contribution in [3.63, 3.8) is 0 Å². The van der Waals surface area contributed by atoms with Crippen LogP contribution in [0.15, 0.2) is 22.7 Å². The molecule has 1 aromatic carbocycles. The lowest BCUT2D eigenvalue weighted by Crippen LogP contribution is -2.65. The molecule has 0 saturated carbocycles. The van der Waals surface area contributed by atoms with Crippen molar-refractivity contribution in [2.75, 3.05) is 6.54 Å². The molecule has 106 valence electrons. The Morgan fingerprint density at radius 3 is 2.65 bits per heavy atom. The number of hydrogen-bond acceptors (Lipinski definition) is 3. The second-order valence-electron chi connectivity index (χ2n) is 4.96. The van der Waals surface area contributed by atoms with E-state index >= 15 is 0 Å². The molecule has 1 N–H and O–H groups in total. The van der Waals surface area contributed by atoms with Crippen molar-refractivity contribution in [1.29, 1.82) is 0 Å². The highest BCUT2D eigenvalue weighted by Crippen LogP contribution is 2.26. The smallest absolute Gasteiger partial charge is 0.255 e. The first-order valence-corrected chi connectivity index (χ1v) is 7.02. The summed E-state index contributed by atoms with van der Waals surface area (Å²) < 4.78 is 0.669. The van der Waals surface area contributed by atoms with Crippen molar-refractivity contribution in [3.8, 4) is 0 Å². The molecule has 0 unspecified atom stereocenters. The SMILES string of the molecule is CC1(C)C(=O)NC(=O)CN1C(=O)c1ccc(Br)c(Cl)c1. The summed E-state index contributed by atoms with van der Waals surface area (Å²) in [4.78, 5) is 37.0. The fourth-order valence-electron chi connectivity index (χ4n) is 1.89. The second-order valence-corrected chi connectivity index (χ2v) is 6.22. The molecule has 1 aromatic rings. The highest BCUT2D eigenvalue weighted by Gasteiger charge is 2.43. The Labute approximate surface area is 129 Å². The van der Waals surface area contributed by atoms with Crippen LogP contribution in [0, 0.1) is 0 Å². The number of hydrogen-bond donors (Lipinski definition) is 1. The quantitative estimate of drug-likeness (QED) is 0.780. The topological polar surface area (TPSA) is 66.5 Å². The molecule has 1 heterocycles. The van der Waals surface area contributed by atoms with Crippen LogP contribution in [-0.2, 0) is 9.59 Å². The zero-order chi connectivity index (χ0) is 15.1. The van der Waals surface area contributed by atoms with E-state index in [1.165, 1.54) is 11.0 Å². The second kappa shape index (κ2) is 5.18. The minimum Gasteiger partial charge on any atom is -0.315 e. The van der Waals surface area contributed by atoms with Gasteiger partial charge in [-0.05, 0) is 48.0 Å². The maximum Gasteiger partial charge on any atom is 0.255 e. The first kappa shape index (κ1) is 15.0. The third-order valence-electron chi connectivity index (χ3n) is 3.20. The molecule has 0 spiro atoms. The van der Waals surface area contributed by atoms with E-state index < -0.39 is 23.3 Å². The normalized spacial score (nSPS) is 17.9. The third kappa shape index (κ3) is 2.58. The highest BCUT2D eigenvalue weighted by atomic mass is 79.9. The van der Waals surface area contributed by atoms with Crippen molar-refractivity contribution in [2.24, 2.45) is 0 Å². The summed E-state index contributed by atoms with van der Waals surface area (Å²) in [6.45, 7) is 3.02. The van der Waals surface area contributed by atoms with Crippen molar-refractivity contribution in [2.45, 2.75) is 19.4 Å². The Hall–Kier alpha value is -1.40. The molecule has 0 aromatic heterocycles. The molecular weight excluding hydrogens is 348 g/mol. The van der Waals surface area contributed by atoms with Gasteiger partial charge in [0.2, 0.25) is 5.91 Å². The van der Waals surface area contributed by atoms with Crippen molar-refractivity contribution < 1.29 is 14.4 Å². The number of nitrogens with zero attached hydrogens (tertiary/aromatic N) is 1. The van der Waals surface area contributed by atoms with E-state index in [4.69, 9.17) is 11.6 Å². The lowest BCUT2D eigenvalue weighted by molar-refractivity contribution is -0.143. The van der Waals surface area contributed by atoms with Gasteiger partial charge in [-0.3, -0.25) is 19.7 Å². The Morgan fingerprint density at radius 2 is 2.05 bits per heavy atom. The van der Waals surface area contributed by atoms with Crippen molar-refractivity contribution in [1.82, 2.24) is 10.2 Å². The molecule has 5 nitrogen and oxygen atoms in total. The van der Waals surface area contributed by atoms with Gasteiger partial charge < -0.3 is 4.90 Å². The summed E-state index contributed by atoms with van der Waals surface area (Å²) in [7, 11) is 0. The third-order valence-corrected chi connectivity index (χ3v) is 4.43. The number of amides is 3. The van der Waals surface area contributed by atoms with Gasteiger partial charge in [0.1, 0.15) is 12.1 Å². The zero-order valence-electron chi connectivity index (χ0n) is 10.9. The number of carbonyl (C=O) groups excluding carboxylic acids is 3. The molecule has 1 aliphatic rings. The van der Waals surface area contributed by atoms with Crippen LogP contribution >= 0.6 is 27.5 Å². The largest absolute Gasteiger partial charge is 0.315 e. The van der Waals surface area contributed by atoms with Crippen LogP contribution in [0.5, 0.6) is 0 Å². The summed E-state index contributed by atoms with van der Waals surface area (Å²) >= 11 is 9.20. The van der Waals surface area contributed by atoms with Gasteiger partial charge in [-0.25, -0.2) is 0 Å². The molecule has 0 bridgehead atoms. The van der Waals surface area contributed by atoms with Gasteiger partial charge >= 0.3 is 0 Å². The Balaban J connectivity index is 2.38. The molecule has 0 aliphatic carbocycles. The molecule has 0 atom stereocenters. The van der Waals surface area contributed by atoms with Gasteiger partial charge in [-0.1, -0.05) is 11.6 Å². The monoisotopic (exact) mass is 358 g/mol. The fraction of sp³-hybridized carbons (Fsp3) is 0.308. The Morgan fingerprint density at radius 1 is 1.40 bits per heavy atom. The van der Waals surface area contributed by atoms with Crippen LogP contribution in [0.2, 0.25) is 5.02 Å². The first-order valence-electron chi connectivity index (χ1n) is 5.85. The fourth-order valence-corrected chi connectivity index (χ4v) is 2.32. The van der Waals surface area contributed by atoms with Crippen molar-refractivity contribution >= 4 is 45.3 Å². The minimum absolute atomic E-state index is 0.161. The number of piperazine rings is 1. The maximum atomic E-state index is 12.5. The van der Waals surface area contributed by atoms with Gasteiger partial charge in [0.05, 0.1) is 5.02 Å². The standard InChI is InChI=1S/C13H12BrClN2O3/c1-13(2)12(20)16-10(18)6-17(13)11(19)7-3-4-8(14)9(15)5-7/h3-5H,6H2,1-2H3,(H,16,18,20). The number of halogens is 2. The van der Waals surface area contributed by atoms with Crippen LogP contribution in [0.1, 0.15) is 24.2 Å².